The minimum atomic E-state index is -0.866. The summed E-state index contributed by atoms with van der Waals surface area (Å²) < 4.78 is 20.3. The van der Waals surface area contributed by atoms with Crippen molar-refractivity contribution in [2.24, 2.45) is 0 Å². The molecule has 86 valence electrons. The third-order valence-corrected chi connectivity index (χ3v) is 2.31. The van der Waals surface area contributed by atoms with E-state index in [9.17, 15) is 4.79 Å². The Morgan fingerprint density at radius 2 is 2.20 bits per heavy atom. The smallest absolute Gasteiger partial charge is 0.305 e. The van der Waals surface area contributed by atoms with Crippen LogP contribution in [0, 0.1) is 0 Å². The fourth-order valence-corrected chi connectivity index (χ4v) is 1.37. The summed E-state index contributed by atoms with van der Waals surface area (Å²) in [5.41, 5.74) is 0. The van der Waals surface area contributed by atoms with Crippen LogP contribution in [0.4, 0.5) is 0 Å². The Labute approximate surface area is 88.9 Å². The molecule has 0 saturated heterocycles. The van der Waals surface area contributed by atoms with Crippen LogP contribution in [0.5, 0.6) is 0 Å². The minimum Gasteiger partial charge on any atom is -0.469 e. The summed E-state index contributed by atoms with van der Waals surface area (Å²) in [7, 11) is 4.42. The molecular weight excluding hydrogens is 200 g/mol. The van der Waals surface area contributed by atoms with E-state index in [1.807, 2.05) is 0 Å². The molecule has 0 aromatic heterocycles. The van der Waals surface area contributed by atoms with E-state index in [4.69, 9.17) is 14.2 Å². The van der Waals surface area contributed by atoms with E-state index >= 15 is 0 Å². The average molecular weight is 216 g/mol. The van der Waals surface area contributed by atoms with Gasteiger partial charge in [0.15, 0.2) is 12.1 Å². The normalized spacial score (nSPS) is 29.4. The molecule has 5 nitrogen and oxygen atoms in total. The molecule has 0 saturated carbocycles. The lowest BCUT2D eigenvalue weighted by Gasteiger charge is -2.26. The number of carbonyl (C=O) groups is 1. The fraction of sp³-hybridized carbons (Fsp3) is 0.700. The van der Waals surface area contributed by atoms with Crippen molar-refractivity contribution in [1.82, 2.24) is 0 Å². The van der Waals surface area contributed by atoms with Crippen molar-refractivity contribution in [3.05, 3.63) is 12.2 Å². The van der Waals surface area contributed by atoms with Gasteiger partial charge in [-0.3, -0.25) is 4.79 Å². The Hall–Kier alpha value is -0.910. The van der Waals surface area contributed by atoms with Gasteiger partial charge in [-0.2, -0.15) is 0 Å². The van der Waals surface area contributed by atoms with Gasteiger partial charge in [-0.05, 0) is 12.2 Å². The maximum absolute atomic E-state index is 11.0. The number of hydrogen-bond donors (Lipinski definition) is 0. The van der Waals surface area contributed by atoms with Crippen LogP contribution in [-0.4, -0.2) is 39.4 Å². The molecule has 0 amide bonds. The van der Waals surface area contributed by atoms with Gasteiger partial charge in [-0.25, -0.2) is 0 Å². The van der Waals surface area contributed by atoms with E-state index < -0.39 is 12.1 Å². The molecule has 1 aliphatic heterocycles. The number of hydrogen-bond acceptors (Lipinski definition) is 5. The van der Waals surface area contributed by atoms with Crippen LogP contribution in [0.2, 0.25) is 0 Å². The molecule has 1 rings (SSSR count). The SMILES string of the molecule is COC(=O)CCC1(OC)C=CC(OC)O1. The van der Waals surface area contributed by atoms with Gasteiger partial charge in [0.25, 0.3) is 0 Å². The first kappa shape index (κ1) is 12.2. The second-order valence-corrected chi connectivity index (χ2v) is 3.17. The van der Waals surface area contributed by atoms with Gasteiger partial charge in [-0.1, -0.05) is 0 Å². The maximum atomic E-state index is 11.0. The third-order valence-electron chi connectivity index (χ3n) is 2.31. The summed E-state index contributed by atoms with van der Waals surface area (Å²) in [6, 6.07) is 0. The maximum Gasteiger partial charge on any atom is 0.305 e. The van der Waals surface area contributed by atoms with E-state index in [1.165, 1.54) is 14.2 Å². The Bertz CT molecular complexity index is 250. The van der Waals surface area contributed by atoms with Crippen molar-refractivity contribution < 1.29 is 23.7 Å². The highest BCUT2D eigenvalue weighted by Crippen LogP contribution is 2.29. The molecule has 0 aromatic carbocycles. The lowest BCUT2D eigenvalue weighted by molar-refractivity contribution is -0.245. The summed E-state index contributed by atoms with van der Waals surface area (Å²) in [6.07, 6.45) is 3.74. The molecule has 1 heterocycles. The third kappa shape index (κ3) is 3.02. The monoisotopic (exact) mass is 216 g/mol. The van der Waals surface area contributed by atoms with Crippen LogP contribution in [0.25, 0.3) is 0 Å². The highest BCUT2D eigenvalue weighted by Gasteiger charge is 2.36. The molecule has 5 heteroatoms. The summed E-state index contributed by atoms with van der Waals surface area (Å²) in [4.78, 5) is 11.0. The van der Waals surface area contributed by atoms with Gasteiger partial charge in [-0.15, -0.1) is 0 Å². The van der Waals surface area contributed by atoms with Crippen molar-refractivity contribution in [3.63, 3.8) is 0 Å². The fourth-order valence-electron chi connectivity index (χ4n) is 1.37. The van der Waals surface area contributed by atoms with Crippen molar-refractivity contribution >= 4 is 5.97 Å². The van der Waals surface area contributed by atoms with E-state index in [-0.39, 0.29) is 12.4 Å². The average Bonchev–Trinajstić information content (AvgIpc) is 2.70. The second kappa shape index (κ2) is 5.25. The van der Waals surface area contributed by atoms with Gasteiger partial charge in [0.1, 0.15) is 0 Å². The van der Waals surface area contributed by atoms with E-state index in [0.717, 1.165) is 0 Å². The zero-order valence-corrected chi connectivity index (χ0v) is 9.19. The van der Waals surface area contributed by atoms with Gasteiger partial charge >= 0.3 is 5.97 Å². The van der Waals surface area contributed by atoms with Crippen LogP contribution < -0.4 is 0 Å². The molecule has 1 aliphatic rings. The molecule has 2 atom stereocenters. The van der Waals surface area contributed by atoms with Gasteiger partial charge < -0.3 is 18.9 Å². The first-order valence-corrected chi connectivity index (χ1v) is 4.68. The Balaban J connectivity index is 2.49. The zero-order chi connectivity index (χ0) is 11.3. The highest BCUT2D eigenvalue weighted by atomic mass is 16.8. The summed E-state index contributed by atoms with van der Waals surface area (Å²) in [5.74, 6) is -1.15. The first-order chi connectivity index (χ1) is 7.15. The lowest BCUT2D eigenvalue weighted by Crippen LogP contribution is -2.33. The van der Waals surface area contributed by atoms with Gasteiger partial charge in [0, 0.05) is 20.6 Å². The Morgan fingerprint density at radius 1 is 1.47 bits per heavy atom. The van der Waals surface area contributed by atoms with E-state index in [2.05, 4.69) is 4.74 Å². The molecule has 0 aliphatic carbocycles. The quantitative estimate of drug-likeness (QED) is 0.503. The van der Waals surface area contributed by atoms with Gasteiger partial charge in [0.05, 0.1) is 13.5 Å². The number of rotatable bonds is 5. The topological polar surface area (TPSA) is 54.0 Å². The summed E-state index contributed by atoms with van der Waals surface area (Å²) in [5, 5.41) is 0. The predicted molar refractivity (Wildman–Crippen MR) is 52.0 cm³/mol. The molecule has 15 heavy (non-hydrogen) atoms. The van der Waals surface area contributed by atoms with Gasteiger partial charge in [0.2, 0.25) is 0 Å². The Kier molecular flexibility index (Phi) is 4.26. The molecule has 0 radical (unpaired) electrons. The van der Waals surface area contributed by atoms with Crippen LogP contribution >= 0.6 is 0 Å². The molecule has 0 fully saturated rings. The van der Waals surface area contributed by atoms with Crippen LogP contribution in [-0.2, 0) is 23.7 Å². The molecule has 0 bridgehead atoms. The van der Waals surface area contributed by atoms with Crippen LogP contribution in [0.1, 0.15) is 12.8 Å². The largest absolute Gasteiger partial charge is 0.469 e. The standard InChI is InChI=1S/C10H16O5/c1-12-8(11)4-6-10(14-3)7-5-9(13-2)15-10/h5,7,9H,4,6H2,1-3H3. The highest BCUT2D eigenvalue weighted by molar-refractivity contribution is 5.69. The van der Waals surface area contributed by atoms with E-state index in [1.54, 1.807) is 19.3 Å². The van der Waals surface area contributed by atoms with Crippen molar-refractivity contribution in [1.29, 1.82) is 0 Å². The molecule has 2 unspecified atom stereocenters. The second-order valence-electron chi connectivity index (χ2n) is 3.17. The van der Waals surface area contributed by atoms with Crippen molar-refractivity contribution in [2.75, 3.05) is 21.3 Å². The Morgan fingerprint density at radius 3 is 2.67 bits per heavy atom. The minimum absolute atomic E-state index is 0.241. The van der Waals surface area contributed by atoms with Crippen molar-refractivity contribution in [2.45, 2.75) is 24.9 Å². The molecule has 0 N–H and O–H groups in total. The lowest BCUT2D eigenvalue weighted by atomic mass is 10.1. The predicted octanol–water partition coefficient (Wildman–Crippen LogP) is 0.841. The molecule has 0 aromatic rings. The number of ether oxygens (including phenoxy) is 4. The zero-order valence-electron chi connectivity index (χ0n) is 9.19. The molecular formula is C10H16O5. The van der Waals surface area contributed by atoms with Crippen molar-refractivity contribution in [3.8, 4) is 0 Å². The summed E-state index contributed by atoms with van der Waals surface area (Å²) >= 11 is 0. The first-order valence-electron chi connectivity index (χ1n) is 4.68. The number of carbonyl (C=O) groups excluding carboxylic acids is 1. The summed E-state index contributed by atoms with van der Waals surface area (Å²) in [6.45, 7) is 0. The van der Waals surface area contributed by atoms with Crippen LogP contribution in [0.15, 0.2) is 12.2 Å². The van der Waals surface area contributed by atoms with E-state index in [0.29, 0.717) is 6.42 Å². The number of methoxy groups -OCH3 is 3. The molecule has 0 spiro atoms. The van der Waals surface area contributed by atoms with Crippen LogP contribution in [0.3, 0.4) is 0 Å². The number of esters is 1.